The average Bonchev–Trinajstić information content (AvgIpc) is 2.97. The summed E-state index contributed by atoms with van der Waals surface area (Å²) in [5.41, 5.74) is 0.637. The Hall–Kier alpha value is -4.08. The number of Topliss-reactive ketones (excluding diaryl/α,β-unsaturated/α-hetero) is 1. The van der Waals surface area contributed by atoms with E-state index in [9.17, 15) is 39.0 Å². The molecule has 4 unspecified atom stereocenters. The van der Waals surface area contributed by atoms with E-state index < -0.39 is 60.7 Å². The molecule has 0 spiro atoms. The second-order valence-electron chi connectivity index (χ2n) is 11.5. The van der Waals surface area contributed by atoms with Crippen LogP contribution in [0.5, 0.6) is 5.75 Å². The second kappa shape index (κ2) is 18.8. The fraction of sp³-hybridized carbons (Fsp3) is 0.613. The average molecular weight is 652 g/mol. The highest BCUT2D eigenvalue weighted by Crippen LogP contribution is 2.30. The van der Waals surface area contributed by atoms with Gasteiger partial charge in [0.1, 0.15) is 24.2 Å². The first-order valence-electron chi connectivity index (χ1n) is 15.1. The molecule has 15 heteroatoms. The summed E-state index contributed by atoms with van der Waals surface area (Å²) in [6.45, 7) is 8.03. The van der Waals surface area contributed by atoms with Gasteiger partial charge in [-0.15, -0.1) is 0 Å². The number of hydrogen-bond acceptors (Lipinski definition) is 11. The third kappa shape index (κ3) is 13.5. The number of carboxylic acids is 1. The Kier molecular flexibility index (Phi) is 15.6. The number of aliphatic hydroxyl groups excluding tert-OH is 1. The van der Waals surface area contributed by atoms with Crippen LogP contribution in [0.1, 0.15) is 65.9 Å². The topological polar surface area (TPSA) is 216 Å². The lowest BCUT2D eigenvalue weighted by atomic mass is 10.0. The summed E-state index contributed by atoms with van der Waals surface area (Å²) in [4.78, 5) is 72.5. The number of hydrogen-bond donors (Lipinski definition) is 5. The van der Waals surface area contributed by atoms with Crippen LogP contribution in [-0.2, 0) is 49.6 Å². The van der Waals surface area contributed by atoms with Crippen LogP contribution in [0.2, 0.25) is 0 Å². The maximum absolute atomic E-state index is 12.9. The lowest BCUT2D eigenvalue weighted by molar-refractivity contribution is -0.195. The SMILES string of the molecule is CC(=O)OCc1ccc(NC(=O)CNC(=O)C(NC(=O)CCOCCC(=O)C(C)C)C(C)C)c(OC2CC(O)CC(C(=O)O)O2)c1. The zero-order valence-electron chi connectivity index (χ0n) is 26.8. The van der Waals surface area contributed by atoms with Crippen molar-refractivity contribution in [2.45, 2.75) is 91.4 Å². The van der Waals surface area contributed by atoms with Crippen molar-refractivity contribution in [1.82, 2.24) is 10.6 Å². The molecular formula is C31H45N3O12. The van der Waals surface area contributed by atoms with Crippen molar-refractivity contribution in [3.63, 3.8) is 0 Å². The summed E-state index contributed by atoms with van der Waals surface area (Å²) in [6, 6.07) is 3.57. The number of aliphatic hydroxyl groups is 1. The minimum atomic E-state index is -1.30. The van der Waals surface area contributed by atoms with E-state index in [4.69, 9.17) is 18.9 Å². The van der Waals surface area contributed by atoms with Gasteiger partial charge in [0, 0.05) is 38.5 Å². The van der Waals surface area contributed by atoms with Gasteiger partial charge in [0.15, 0.2) is 6.10 Å². The van der Waals surface area contributed by atoms with Crippen LogP contribution in [0.15, 0.2) is 18.2 Å². The van der Waals surface area contributed by atoms with Crippen molar-refractivity contribution in [2.24, 2.45) is 11.8 Å². The van der Waals surface area contributed by atoms with Gasteiger partial charge in [-0.2, -0.15) is 0 Å². The van der Waals surface area contributed by atoms with Crippen LogP contribution in [0.25, 0.3) is 0 Å². The van der Waals surface area contributed by atoms with Crippen LogP contribution in [-0.4, -0.2) is 90.0 Å². The van der Waals surface area contributed by atoms with E-state index in [2.05, 4.69) is 16.0 Å². The molecule has 1 aromatic carbocycles. The molecule has 0 aromatic heterocycles. The van der Waals surface area contributed by atoms with Gasteiger partial charge in [-0.25, -0.2) is 4.79 Å². The maximum Gasteiger partial charge on any atom is 0.333 e. The molecule has 256 valence electrons. The number of carbonyl (C=O) groups excluding carboxylic acids is 5. The quantitative estimate of drug-likeness (QED) is 0.112. The number of ether oxygens (including phenoxy) is 4. The number of esters is 1. The minimum Gasteiger partial charge on any atom is -0.479 e. The van der Waals surface area contributed by atoms with Gasteiger partial charge in [-0.1, -0.05) is 33.8 Å². The summed E-state index contributed by atoms with van der Waals surface area (Å²) in [5.74, 6) is -3.71. The minimum absolute atomic E-state index is 0.0158. The number of ketones is 1. The van der Waals surface area contributed by atoms with Crippen molar-refractivity contribution >= 4 is 41.1 Å². The fourth-order valence-electron chi connectivity index (χ4n) is 4.26. The molecule has 0 aliphatic carbocycles. The highest BCUT2D eigenvalue weighted by molar-refractivity contribution is 5.97. The van der Waals surface area contributed by atoms with Crippen molar-refractivity contribution in [1.29, 1.82) is 0 Å². The zero-order valence-corrected chi connectivity index (χ0v) is 26.8. The predicted octanol–water partition coefficient (Wildman–Crippen LogP) is 1.30. The molecule has 4 atom stereocenters. The summed E-state index contributed by atoms with van der Waals surface area (Å²) < 4.78 is 21.6. The Morgan fingerprint density at radius 3 is 2.33 bits per heavy atom. The van der Waals surface area contributed by atoms with Crippen LogP contribution >= 0.6 is 0 Å². The summed E-state index contributed by atoms with van der Waals surface area (Å²) in [7, 11) is 0. The third-order valence-corrected chi connectivity index (χ3v) is 6.86. The van der Waals surface area contributed by atoms with Gasteiger partial charge in [-0.05, 0) is 23.6 Å². The lowest BCUT2D eigenvalue weighted by Gasteiger charge is -2.31. The normalized spacial score (nSPS) is 18.4. The van der Waals surface area contributed by atoms with Crippen molar-refractivity contribution in [2.75, 3.05) is 25.1 Å². The Morgan fingerprint density at radius 1 is 1.00 bits per heavy atom. The van der Waals surface area contributed by atoms with E-state index in [0.29, 0.717) is 5.56 Å². The number of carbonyl (C=O) groups is 6. The summed E-state index contributed by atoms with van der Waals surface area (Å²) in [6.07, 6.45) is -3.36. The number of benzene rings is 1. The maximum atomic E-state index is 12.9. The number of carboxylic acid groups (broad SMARTS) is 1. The third-order valence-electron chi connectivity index (χ3n) is 6.86. The number of aliphatic carboxylic acids is 1. The molecule has 3 amide bonds. The van der Waals surface area contributed by atoms with Gasteiger partial charge in [-0.3, -0.25) is 24.0 Å². The molecule has 0 bridgehead atoms. The van der Waals surface area contributed by atoms with Gasteiger partial charge in [0.2, 0.25) is 24.0 Å². The predicted molar refractivity (Wildman–Crippen MR) is 162 cm³/mol. The van der Waals surface area contributed by atoms with E-state index in [1.54, 1.807) is 33.8 Å². The number of nitrogens with one attached hydrogen (secondary N) is 3. The Morgan fingerprint density at radius 2 is 1.70 bits per heavy atom. The molecule has 1 aromatic rings. The van der Waals surface area contributed by atoms with Crippen molar-refractivity contribution in [3.05, 3.63) is 23.8 Å². The first kappa shape index (κ1) is 38.1. The molecule has 15 nitrogen and oxygen atoms in total. The Balaban J connectivity index is 1.99. The van der Waals surface area contributed by atoms with Gasteiger partial charge < -0.3 is 45.1 Å². The van der Waals surface area contributed by atoms with Crippen molar-refractivity contribution < 1.29 is 57.9 Å². The molecule has 1 saturated heterocycles. The number of anilines is 1. The van der Waals surface area contributed by atoms with Crippen LogP contribution in [0, 0.1) is 11.8 Å². The molecule has 0 radical (unpaired) electrons. The summed E-state index contributed by atoms with van der Waals surface area (Å²) in [5, 5.41) is 27.2. The molecule has 1 heterocycles. The molecule has 0 saturated carbocycles. The highest BCUT2D eigenvalue weighted by atomic mass is 16.7. The van der Waals surface area contributed by atoms with Crippen LogP contribution in [0.3, 0.4) is 0 Å². The van der Waals surface area contributed by atoms with Gasteiger partial charge in [0.25, 0.3) is 0 Å². The van der Waals surface area contributed by atoms with Crippen molar-refractivity contribution in [3.8, 4) is 5.75 Å². The molecule has 1 fully saturated rings. The monoisotopic (exact) mass is 651 g/mol. The van der Waals surface area contributed by atoms with Crippen LogP contribution in [0.4, 0.5) is 5.69 Å². The summed E-state index contributed by atoms with van der Waals surface area (Å²) >= 11 is 0. The standard InChI is InChI=1S/C31H45N3O12/c1-17(2)23(37)8-10-43-11-9-26(38)34-29(18(3)4)30(40)32-15-27(39)33-22-7-6-20(16-44-19(5)35)12-24(22)45-28-14-21(36)13-25(46-28)31(41)42/h6-7,12,17-18,21,25,28-29,36H,8-11,13-16H2,1-5H3,(H,32,40)(H,33,39)(H,34,38)(H,41,42). The van der Waals surface area contributed by atoms with E-state index >= 15 is 0 Å². The molecule has 2 rings (SSSR count). The highest BCUT2D eigenvalue weighted by Gasteiger charge is 2.34. The van der Waals surface area contributed by atoms with Gasteiger partial charge in [0.05, 0.1) is 31.5 Å². The molecule has 46 heavy (non-hydrogen) atoms. The first-order valence-corrected chi connectivity index (χ1v) is 15.1. The molecule has 1 aliphatic rings. The van der Waals surface area contributed by atoms with Crippen LogP contribution < -0.4 is 20.7 Å². The lowest BCUT2D eigenvalue weighted by Crippen LogP contribution is -2.51. The molecule has 1 aliphatic heterocycles. The number of rotatable bonds is 18. The van der Waals surface area contributed by atoms with E-state index in [1.807, 2.05) is 0 Å². The second-order valence-corrected chi connectivity index (χ2v) is 11.5. The Bertz CT molecular complexity index is 1240. The molecule has 5 N–H and O–H groups in total. The zero-order chi connectivity index (χ0) is 34.4. The largest absolute Gasteiger partial charge is 0.479 e. The number of amides is 3. The Labute approximate surface area is 267 Å². The smallest absolute Gasteiger partial charge is 0.333 e. The van der Waals surface area contributed by atoms with E-state index in [-0.39, 0.29) is 74.6 Å². The van der Waals surface area contributed by atoms with E-state index in [1.165, 1.54) is 19.1 Å². The van der Waals surface area contributed by atoms with Gasteiger partial charge >= 0.3 is 11.9 Å². The molecular weight excluding hydrogens is 606 g/mol. The fourth-order valence-corrected chi connectivity index (χ4v) is 4.26. The first-order chi connectivity index (χ1) is 21.7. The van der Waals surface area contributed by atoms with E-state index in [0.717, 1.165) is 0 Å².